The molecule has 126 heavy (non-hydrogen) atoms. The Labute approximate surface area is 765 Å². The second-order valence-electron chi connectivity index (χ2n) is 35.1. The number of fused-ring (bicyclic) bond motifs is 8. The first kappa shape index (κ1) is 90.0. The molecule has 2 atom stereocenters. The first-order valence-electron chi connectivity index (χ1n) is 46.9. The van der Waals surface area contributed by atoms with Crippen LogP contribution in [-0.4, -0.2) is 24.8 Å². The summed E-state index contributed by atoms with van der Waals surface area (Å²) in [4.78, 5) is 45.2. The van der Waals surface area contributed by atoms with E-state index in [9.17, 15) is 20.1 Å². The number of allylic oxidation sites excluding steroid dienone is 6. The molecular formula is C114H118N4O4S4. The van der Waals surface area contributed by atoms with Gasteiger partial charge in [0.25, 0.3) is 11.4 Å². The number of unbranched alkanes of at least 4 members (excludes halogenated alkanes) is 14. The van der Waals surface area contributed by atoms with E-state index in [1.54, 1.807) is 34.8 Å². The van der Waals surface area contributed by atoms with Crippen molar-refractivity contribution < 1.29 is 19.1 Å². The fraction of sp³-hybridized carbons (Fsp3) is 0.368. The van der Waals surface area contributed by atoms with Crippen molar-refractivity contribution in [2.45, 2.75) is 246 Å². The van der Waals surface area contributed by atoms with Gasteiger partial charge in [-0.1, -0.05) is 317 Å². The van der Waals surface area contributed by atoms with Gasteiger partial charge >= 0.3 is 0 Å². The van der Waals surface area contributed by atoms with Gasteiger partial charge in [0.1, 0.15) is 11.5 Å². The molecule has 4 heterocycles. The van der Waals surface area contributed by atoms with Crippen LogP contribution >= 0.6 is 45.3 Å². The smallest absolute Gasteiger partial charge is 0.270 e. The predicted octanol–water partition coefficient (Wildman–Crippen LogP) is 32.5. The molecule has 0 N–H and O–H groups in total. The highest BCUT2D eigenvalue weighted by Gasteiger charge is 2.54. The molecule has 0 aliphatic heterocycles. The topological polar surface area (TPSA) is 109 Å². The van der Waals surface area contributed by atoms with Crippen LogP contribution in [0.2, 0.25) is 0 Å². The van der Waals surface area contributed by atoms with Gasteiger partial charge in [0.15, 0.2) is 11.6 Å². The Hall–Kier alpha value is -10.8. The van der Waals surface area contributed by atoms with Gasteiger partial charge in [-0.15, -0.1) is 45.3 Å². The number of ether oxygens (including phenoxy) is 2. The van der Waals surface area contributed by atoms with Crippen molar-refractivity contribution in [1.82, 2.24) is 0 Å². The van der Waals surface area contributed by atoms with Crippen LogP contribution in [-0.2, 0) is 36.5 Å². The van der Waals surface area contributed by atoms with E-state index in [-0.39, 0.29) is 23.0 Å². The van der Waals surface area contributed by atoms with Gasteiger partial charge < -0.3 is 9.47 Å². The summed E-state index contributed by atoms with van der Waals surface area (Å²) in [6.45, 7) is 35.7. The number of ketones is 2. The summed E-state index contributed by atoms with van der Waals surface area (Å²) in [5.41, 5.74) is 18.9. The molecule has 4 aliphatic rings. The normalized spacial score (nSPS) is 15.6. The van der Waals surface area contributed by atoms with Gasteiger partial charge in [0, 0.05) is 62.7 Å². The first-order chi connectivity index (χ1) is 61.8. The zero-order valence-corrected chi connectivity index (χ0v) is 78.2. The molecule has 642 valence electrons. The zero-order chi connectivity index (χ0) is 87.9. The fourth-order valence-electron chi connectivity index (χ4n) is 19.8. The molecular weight excluding hydrogens is 1620 g/mol. The highest BCUT2D eigenvalue weighted by Crippen LogP contribution is 2.67. The van der Waals surface area contributed by atoms with Crippen LogP contribution in [0.5, 0.6) is 11.5 Å². The third-order valence-corrected chi connectivity index (χ3v) is 31.7. The van der Waals surface area contributed by atoms with Crippen LogP contribution < -0.4 is 9.47 Å². The van der Waals surface area contributed by atoms with Crippen molar-refractivity contribution >= 4 is 80.2 Å². The van der Waals surface area contributed by atoms with E-state index in [2.05, 4.69) is 211 Å². The second kappa shape index (κ2) is 41.8. The number of carbonyl (C=O) groups excluding carboxylic acids is 2. The SMILES string of the molecule is [C-]#[N+]C(C#N)=C1/C(=C/c2cc(OCC(CC)CCCC)c(-c3cc4c(s3)-c3cc5c(cc3C4(c3ccc(CCCCCC)cc3)c3ccc(CCCCCC)cc3)-c3sc(-c4sc(/C=C6\C(=O)c7ccccc7\C6=C(\C#N)[N+]#[C-])cc4OCC(CC)CCCC)cc3C5(c3ccc(CCCCCC)cc3)c3ccc(CCCCCC)cc3)s2)C(=O)c2ccccc21. The molecule has 0 saturated carbocycles. The van der Waals surface area contributed by atoms with E-state index in [1.165, 1.54) is 165 Å². The third-order valence-electron chi connectivity index (χ3n) is 26.9. The van der Waals surface area contributed by atoms with Gasteiger partial charge in [-0.2, -0.15) is 0 Å². The van der Waals surface area contributed by atoms with Crippen molar-refractivity contribution in [3.05, 3.63) is 326 Å². The lowest BCUT2D eigenvalue weighted by Crippen LogP contribution is -2.30. The van der Waals surface area contributed by atoms with Crippen molar-refractivity contribution in [3.8, 4) is 64.0 Å². The number of thiophene rings is 4. The van der Waals surface area contributed by atoms with Gasteiger partial charge in [-0.25, -0.2) is 20.2 Å². The van der Waals surface area contributed by atoms with Crippen LogP contribution in [0, 0.1) is 47.6 Å². The molecule has 11 aromatic rings. The summed E-state index contributed by atoms with van der Waals surface area (Å²) in [6.07, 6.45) is 34.9. The van der Waals surface area contributed by atoms with E-state index < -0.39 is 10.8 Å². The maximum absolute atomic E-state index is 14.9. The lowest BCUT2D eigenvalue weighted by molar-refractivity contribution is 0.103. The first-order valence-corrected chi connectivity index (χ1v) is 50.2. The summed E-state index contributed by atoms with van der Waals surface area (Å²) >= 11 is 6.88. The quantitative estimate of drug-likeness (QED) is 0.0163. The van der Waals surface area contributed by atoms with Crippen LogP contribution in [0.4, 0.5) is 0 Å². The number of nitrogens with zero attached hydrogens (tertiary/aromatic N) is 4. The summed E-state index contributed by atoms with van der Waals surface area (Å²) < 4.78 is 14.6. The molecule has 0 saturated heterocycles. The molecule has 4 aromatic heterocycles. The summed E-state index contributed by atoms with van der Waals surface area (Å²) in [5.74, 6) is 1.72. The molecule has 0 bridgehead atoms. The van der Waals surface area contributed by atoms with Crippen LogP contribution in [0.3, 0.4) is 0 Å². The minimum Gasteiger partial charge on any atom is -0.492 e. The molecule has 2 unspecified atom stereocenters. The van der Waals surface area contributed by atoms with Crippen LogP contribution in [0.25, 0.3) is 73.4 Å². The number of hydrogen-bond acceptors (Lipinski definition) is 10. The standard InChI is InChI=1S/C114H118N4O4S4/c1-11-19-25-29-39-77-47-55-81(56-48-77)113(82-57-49-78(50-58-82)40-30-26-20-12-2)95-67-92-96(68-91(95)109-97(113)69-103(125-109)111-101(121-73-75(17-7)37-23-15-5)65-85(123-111)63-93-105(99(71-115)117-9)87-43-33-35-45-89(87)107(93)119)114(83-59-51-79(52-60-83)41-31-27-21-13-3,84-61-53-80(54-62-84)42-32-28-22-14-4)98-70-104(126-110(92)98)112-102(122-74-76(18-8)38-24-16-6)66-86(124-112)64-94-106(100(72-116)118-10)88-44-34-36-46-90(88)108(94)120/h33-36,43-70,75-76H,11-32,37-42,73-74H2,1-8H3/b93-63-,94-64-,105-99+,106-100?. The lowest BCUT2D eigenvalue weighted by atomic mass is 9.65. The maximum Gasteiger partial charge on any atom is 0.270 e. The van der Waals surface area contributed by atoms with E-state index >= 15 is 0 Å². The number of aryl methyl sites for hydroxylation is 4. The molecule has 4 aliphatic carbocycles. The molecule has 7 aromatic carbocycles. The molecule has 0 amide bonds. The van der Waals surface area contributed by atoms with E-state index in [0.717, 1.165) is 143 Å². The van der Waals surface area contributed by atoms with Crippen LogP contribution in [0.15, 0.2) is 205 Å². The number of hydrogen-bond donors (Lipinski definition) is 0. The Kier molecular flexibility index (Phi) is 29.8. The van der Waals surface area contributed by atoms with Crippen molar-refractivity contribution in [1.29, 1.82) is 10.5 Å². The Morgan fingerprint density at radius 3 is 0.984 bits per heavy atom. The molecule has 15 rings (SSSR count). The molecule has 0 radical (unpaired) electrons. The van der Waals surface area contributed by atoms with E-state index in [1.807, 2.05) is 71.2 Å². The molecule has 8 nitrogen and oxygen atoms in total. The lowest BCUT2D eigenvalue weighted by Gasteiger charge is -2.35. The van der Waals surface area contributed by atoms with Gasteiger partial charge in [-0.3, -0.25) is 9.59 Å². The second-order valence-corrected chi connectivity index (χ2v) is 39.4. The van der Waals surface area contributed by atoms with Gasteiger partial charge in [0.2, 0.25) is 0 Å². The summed E-state index contributed by atoms with van der Waals surface area (Å²) in [6, 6.07) is 72.4. The minimum absolute atomic E-state index is 0.111. The average Bonchev–Trinajstić information content (AvgIpc) is 1.50. The summed E-state index contributed by atoms with van der Waals surface area (Å²) in [5, 5.41) is 21.2. The average molecular weight is 1740 g/mol. The van der Waals surface area contributed by atoms with E-state index in [0.29, 0.717) is 69.6 Å². The monoisotopic (exact) mass is 1730 g/mol. The number of benzene rings is 7. The zero-order valence-electron chi connectivity index (χ0n) is 74.9. The summed E-state index contributed by atoms with van der Waals surface area (Å²) in [7, 11) is 0. The molecule has 0 fully saturated rings. The fourth-order valence-corrected chi connectivity index (χ4v) is 24.6. The Bertz CT molecular complexity index is 5560. The predicted molar refractivity (Wildman–Crippen MR) is 528 cm³/mol. The van der Waals surface area contributed by atoms with Crippen molar-refractivity contribution in [2.75, 3.05) is 13.2 Å². The van der Waals surface area contributed by atoms with Crippen molar-refractivity contribution in [2.24, 2.45) is 11.8 Å². The highest BCUT2D eigenvalue weighted by molar-refractivity contribution is 7.25. The largest absolute Gasteiger partial charge is 0.492 e. The van der Waals surface area contributed by atoms with Crippen LogP contribution in [0.1, 0.15) is 318 Å². The Morgan fingerprint density at radius 2 is 0.690 bits per heavy atom. The number of carbonyl (C=O) groups is 2. The van der Waals surface area contributed by atoms with Gasteiger partial charge in [0.05, 0.1) is 59.1 Å². The maximum atomic E-state index is 14.9. The van der Waals surface area contributed by atoms with Crippen molar-refractivity contribution in [3.63, 3.8) is 0 Å². The number of rotatable bonds is 42. The Morgan fingerprint density at radius 1 is 0.373 bits per heavy atom. The third kappa shape index (κ3) is 18.0. The van der Waals surface area contributed by atoms with E-state index in [4.69, 9.17) is 22.6 Å². The molecule has 0 spiro atoms. The minimum atomic E-state index is -0.875. The Balaban J connectivity index is 1.02. The number of Topliss-reactive ketones (excluding diaryl/α,β-unsaturated/α-hetero) is 2. The highest BCUT2D eigenvalue weighted by atomic mass is 32.1. The van der Waals surface area contributed by atoms with Gasteiger partial charge in [-0.05, 0) is 214 Å². The number of nitriles is 2. The molecule has 12 heteroatoms.